The quantitative estimate of drug-likeness (QED) is 0.547. The molecule has 3 aromatic rings. The van der Waals surface area contributed by atoms with E-state index < -0.39 is 21.4 Å². The third-order valence-electron chi connectivity index (χ3n) is 4.06. The van der Waals surface area contributed by atoms with Gasteiger partial charge in [0, 0.05) is 34.3 Å². The number of sulfone groups is 1. The number of hydrogen-bond acceptors (Lipinski definition) is 5. The number of carbonyl (C=O) groups is 1. The van der Waals surface area contributed by atoms with Crippen LogP contribution in [0.3, 0.4) is 0 Å². The van der Waals surface area contributed by atoms with E-state index in [-0.39, 0.29) is 12.2 Å². The van der Waals surface area contributed by atoms with Gasteiger partial charge in [-0.3, -0.25) is 9.78 Å². The van der Waals surface area contributed by atoms with Gasteiger partial charge in [0.1, 0.15) is 17.3 Å². The van der Waals surface area contributed by atoms with Crippen LogP contribution in [0.1, 0.15) is 21.7 Å². The monoisotopic (exact) mass is 437 g/mol. The highest BCUT2D eigenvalue weighted by Gasteiger charge is 2.24. The summed E-state index contributed by atoms with van der Waals surface area (Å²) in [6.45, 7) is 1.88. The van der Waals surface area contributed by atoms with Crippen LogP contribution in [0, 0.1) is 6.92 Å². The van der Waals surface area contributed by atoms with E-state index in [9.17, 15) is 13.2 Å². The van der Waals surface area contributed by atoms with Gasteiger partial charge >= 0.3 is 0 Å². The Kier molecular flexibility index (Phi) is 5.88. The van der Waals surface area contributed by atoms with Crippen molar-refractivity contribution in [3.8, 4) is 11.4 Å². The van der Waals surface area contributed by atoms with Crippen molar-refractivity contribution >= 4 is 38.8 Å². The Morgan fingerprint density at radius 1 is 1.21 bits per heavy atom. The van der Waals surface area contributed by atoms with Crippen LogP contribution in [0.2, 0.25) is 10.0 Å². The Bertz CT molecular complexity index is 1140. The van der Waals surface area contributed by atoms with Crippen LogP contribution < -0.4 is 0 Å². The number of aryl methyl sites for hydroxylation is 1. The van der Waals surface area contributed by atoms with Gasteiger partial charge in [-0.05, 0) is 42.8 Å². The number of nitrogens with zero attached hydrogens (tertiary/aromatic N) is 3. The summed E-state index contributed by atoms with van der Waals surface area (Å²) < 4.78 is 25.0. The number of Topliss-reactive ketones (excluding diaryl/α,β-unsaturated/α-hetero) is 1. The first kappa shape index (κ1) is 20.5. The first-order valence-electron chi connectivity index (χ1n) is 8.28. The number of imidazole rings is 1. The second-order valence-corrected chi connectivity index (χ2v) is 9.41. The Morgan fingerprint density at radius 3 is 2.61 bits per heavy atom. The maximum atomic E-state index is 12.8. The minimum atomic E-state index is -3.50. The zero-order valence-corrected chi connectivity index (χ0v) is 17.5. The van der Waals surface area contributed by atoms with Gasteiger partial charge in [-0.1, -0.05) is 23.2 Å². The molecular formula is C19H17Cl2N3O3S. The van der Waals surface area contributed by atoms with Crippen molar-refractivity contribution < 1.29 is 13.2 Å². The molecule has 0 saturated carbocycles. The lowest BCUT2D eigenvalue weighted by molar-refractivity contribution is 0.101. The van der Waals surface area contributed by atoms with Crippen molar-refractivity contribution in [2.75, 3.05) is 12.0 Å². The highest BCUT2D eigenvalue weighted by Crippen LogP contribution is 2.27. The predicted molar refractivity (Wildman–Crippen MR) is 110 cm³/mol. The molecule has 146 valence electrons. The smallest absolute Gasteiger partial charge is 0.196 e. The normalized spacial score (nSPS) is 11.6. The third-order valence-corrected chi connectivity index (χ3v) is 5.45. The van der Waals surface area contributed by atoms with E-state index in [1.165, 1.54) is 0 Å². The van der Waals surface area contributed by atoms with Gasteiger partial charge in [0.05, 0.1) is 12.2 Å². The molecule has 0 saturated heterocycles. The Morgan fingerprint density at radius 2 is 1.96 bits per heavy atom. The van der Waals surface area contributed by atoms with Gasteiger partial charge in [0.2, 0.25) is 0 Å². The minimum absolute atomic E-state index is 0.204. The van der Waals surface area contributed by atoms with E-state index >= 15 is 0 Å². The van der Waals surface area contributed by atoms with E-state index in [1.807, 2.05) is 6.07 Å². The highest BCUT2D eigenvalue weighted by molar-refractivity contribution is 7.91. The van der Waals surface area contributed by atoms with Crippen molar-refractivity contribution in [1.82, 2.24) is 14.5 Å². The van der Waals surface area contributed by atoms with Crippen molar-refractivity contribution in [3.05, 3.63) is 69.7 Å². The number of aromatic nitrogens is 3. The van der Waals surface area contributed by atoms with Gasteiger partial charge in [-0.15, -0.1) is 0 Å². The molecule has 0 fully saturated rings. The lowest BCUT2D eigenvalue weighted by Crippen LogP contribution is -2.20. The molecule has 0 unspecified atom stereocenters. The molecule has 0 atom stereocenters. The molecule has 0 spiro atoms. The van der Waals surface area contributed by atoms with Crippen molar-refractivity contribution in [1.29, 1.82) is 0 Å². The molecule has 0 N–H and O–H groups in total. The molecule has 0 radical (unpaired) electrons. The van der Waals surface area contributed by atoms with Gasteiger partial charge in [0.25, 0.3) is 0 Å². The summed E-state index contributed by atoms with van der Waals surface area (Å²) in [5, 5.41) is 0.984. The Balaban J connectivity index is 2.18. The summed E-state index contributed by atoms with van der Waals surface area (Å²) in [4.78, 5) is 21.4. The molecule has 28 heavy (non-hydrogen) atoms. The fourth-order valence-electron chi connectivity index (χ4n) is 2.94. The molecule has 2 heterocycles. The fourth-order valence-corrected chi connectivity index (χ4v) is 3.92. The van der Waals surface area contributed by atoms with Crippen LogP contribution in [-0.2, 0) is 16.4 Å². The molecule has 3 rings (SSSR count). The summed E-state index contributed by atoms with van der Waals surface area (Å²) in [5.74, 6) is -0.630. The van der Waals surface area contributed by atoms with Crippen LogP contribution >= 0.6 is 23.2 Å². The zero-order chi connectivity index (χ0) is 20.5. The second-order valence-electron chi connectivity index (χ2n) is 6.43. The maximum absolute atomic E-state index is 12.8. The Hall–Kier alpha value is -2.22. The summed E-state index contributed by atoms with van der Waals surface area (Å²) in [5.41, 5.74) is 2.04. The van der Waals surface area contributed by atoms with Gasteiger partial charge in [0.15, 0.2) is 15.6 Å². The lowest BCUT2D eigenvalue weighted by atomic mass is 10.2. The van der Waals surface area contributed by atoms with Crippen molar-refractivity contribution in [2.45, 2.75) is 13.5 Å². The number of carbonyl (C=O) groups excluding carboxylic acids is 1. The summed E-state index contributed by atoms with van der Waals surface area (Å²) in [6, 6.07) is 8.62. The molecule has 1 aromatic carbocycles. The summed E-state index contributed by atoms with van der Waals surface area (Å²) in [7, 11) is -3.50. The largest absolute Gasteiger partial charge is 0.317 e. The summed E-state index contributed by atoms with van der Waals surface area (Å²) in [6.07, 6.45) is 4.28. The van der Waals surface area contributed by atoms with E-state index in [1.54, 1.807) is 48.1 Å². The van der Waals surface area contributed by atoms with Crippen molar-refractivity contribution in [3.63, 3.8) is 0 Å². The molecule has 9 heteroatoms. The first-order valence-corrected chi connectivity index (χ1v) is 11.1. The molecule has 0 aliphatic rings. The average molecular weight is 438 g/mol. The van der Waals surface area contributed by atoms with E-state index in [4.69, 9.17) is 23.2 Å². The highest BCUT2D eigenvalue weighted by atomic mass is 35.5. The molecule has 0 amide bonds. The topological polar surface area (TPSA) is 81.9 Å². The second kappa shape index (κ2) is 8.03. The van der Waals surface area contributed by atoms with E-state index in [0.29, 0.717) is 32.7 Å². The lowest BCUT2D eigenvalue weighted by Gasteiger charge is -2.13. The molecule has 0 bridgehead atoms. The SMILES string of the molecule is Cc1nc(-c2cccnc2)n(Cc2cc(Cl)ccc2Cl)c1C(=O)CS(C)(=O)=O. The number of rotatable bonds is 6. The van der Waals surface area contributed by atoms with Gasteiger partial charge < -0.3 is 4.57 Å². The van der Waals surface area contributed by atoms with Crippen LogP contribution in [0.15, 0.2) is 42.7 Å². The average Bonchev–Trinajstić information content (AvgIpc) is 2.93. The predicted octanol–water partition coefficient (Wildman–Crippen LogP) is 3.84. The van der Waals surface area contributed by atoms with Crippen LogP contribution in [0.25, 0.3) is 11.4 Å². The van der Waals surface area contributed by atoms with Gasteiger partial charge in [-0.2, -0.15) is 0 Å². The Labute approximate surface area is 173 Å². The van der Waals surface area contributed by atoms with E-state index in [0.717, 1.165) is 6.26 Å². The molecule has 0 aliphatic heterocycles. The molecule has 6 nitrogen and oxygen atoms in total. The number of halogens is 2. The maximum Gasteiger partial charge on any atom is 0.196 e. The van der Waals surface area contributed by atoms with Gasteiger partial charge in [-0.25, -0.2) is 13.4 Å². The first-order chi connectivity index (χ1) is 13.2. The molecule has 0 aliphatic carbocycles. The number of benzene rings is 1. The number of ketones is 1. The third kappa shape index (κ3) is 4.60. The number of pyridine rings is 1. The van der Waals surface area contributed by atoms with E-state index in [2.05, 4.69) is 9.97 Å². The number of hydrogen-bond donors (Lipinski definition) is 0. The standard InChI is InChI=1S/C19H17Cl2N3O3S/c1-12-18(17(25)11-28(2,26)27)24(10-14-8-15(20)5-6-16(14)21)19(23-12)13-4-3-7-22-9-13/h3-9H,10-11H2,1-2H3. The minimum Gasteiger partial charge on any atom is -0.317 e. The summed E-state index contributed by atoms with van der Waals surface area (Å²) >= 11 is 12.4. The molecule has 2 aromatic heterocycles. The zero-order valence-electron chi connectivity index (χ0n) is 15.2. The van der Waals surface area contributed by atoms with Crippen LogP contribution in [-0.4, -0.2) is 40.7 Å². The van der Waals surface area contributed by atoms with Crippen LogP contribution in [0.5, 0.6) is 0 Å². The molecular weight excluding hydrogens is 421 g/mol. The fraction of sp³-hybridized carbons (Fsp3) is 0.211. The van der Waals surface area contributed by atoms with Crippen LogP contribution in [0.4, 0.5) is 0 Å². The van der Waals surface area contributed by atoms with Crippen molar-refractivity contribution in [2.24, 2.45) is 0 Å².